The predicted molar refractivity (Wildman–Crippen MR) is 141 cm³/mol. The number of anilines is 1. The van der Waals surface area contributed by atoms with Crippen LogP contribution >= 0.6 is 11.6 Å². The molecule has 0 unspecified atom stereocenters. The minimum atomic E-state index is -0.239. The Hall–Kier alpha value is -2.84. The second-order valence-corrected chi connectivity index (χ2v) is 10.4. The highest BCUT2D eigenvalue weighted by Crippen LogP contribution is 2.45. The van der Waals surface area contributed by atoms with E-state index in [1.165, 1.54) is 31.2 Å². The summed E-state index contributed by atoms with van der Waals surface area (Å²) in [6.45, 7) is 11.4. The minimum absolute atomic E-state index is 0.0380. The van der Waals surface area contributed by atoms with Crippen LogP contribution in [0.3, 0.4) is 0 Å². The van der Waals surface area contributed by atoms with Gasteiger partial charge in [-0.3, -0.25) is 5.01 Å². The van der Waals surface area contributed by atoms with Gasteiger partial charge in [0.1, 0.15) is 6.10 Å². The molecule has 0 spiro atoms. The quantitative estimate of drug-likeness (QED) is 0.310. The molecule has 2 aliphatic carbocycles. The summed E-state index contributed by atoms with van der Waals surface area (Å²) in [7, 11) is 0. The number of fused-ring (bicyclic) bond motifs is 3. The molecule has 1 aliphatic heterocycles. The number of carbonyl (C=O) groups excluding carboxylic acids is 1. The number of hydrazone groups is 1. The zero-order valence-electron chi connectivity index (χ0n) is 20.5. The molecule has 1 saturated carbocycles. The number of hydrogen-bond acceptors (Lipinski definition) is 4. The smallest absolute Gasteiger partial charge is 0.338 e. The second-order valence-electron chi connectivity index (χ2n) is 9.97. The summed E-state index contributed by atoms with van der Waals surface area (Å²) in [5.41, 5.74) is 5.48. The number of rotatable bonds is 6. The summed E-state index contributed by atoms with van der Waals surface area (Å²) in [4.78, 5) is 16.3. The molecule has 182 valence electrons. The van der Waals surface area contributed by atoms with E-state index in [0.29, 0.717) is 34.2 Å². The van der Waals surface area contributed by atoms with Crippen LogP contribution in [0.1, 0.15) is 80.3 Å². The van der Waals surface area contributed by atoms with E-state index in [1.807, 2.05) is 38.1 Å². The van der Waals surface area contributed by atoms with E-state index in [2.05, 4.69) is 15.9 Å². The van der Waals surface area contributed by atoms with Crippen molar-refractivity contribution in [1.29, 1.82) is 0 Å². The summed E-state index contributed by atoms with van der Waals surface area (Å²) in [6, 6.07) is 11.9. The van der Waals surface area contributed by atoms with Crippen LogP contribution in [0, 0.1) is 18.4 Å². The van der Waals surface area contributed by atoms with E-state index in [0.717, 1.165) is 42.6 Å². The van der Waals surface area contributed by atoms with Crippen molar-refractivity contribution in [2.75, 3.05) is 5.01 Å². The Morgan fingerprint density at radius 2 is 1.94 bits per heavy atom. The summed E-state index contributed by atoms with van der Waals surface area (Å²) >= 11 is 6.42. The average molecular weight is 490 g/mol. The van der Waals surface area contributed by atoms with Crippen LogP contribution in [0.2, 0.25) is 5.02 Å². The topological polar surface area (TPSA) is 46.3 Å². The van der Waals surface area contributed by atoms with E-state index in [4.69, 9.17) is 28.0 Å². The lowest BCUT2D eigenvalue weighted by Crippen LogP contribution is -2.40. The number of hydrogen-bond donors (Lipinski definition) is 0. The third kappa shape index (κ3) is 4.45. The Morgan fingerprint density at radius 3 is 2.63 bits per heavy atom. The van der Waals surface area contributed by atoms with Gasteiger partial charge >= 0.3 is 5.97 Å². The van der Waals surface area contributed by atoms with Crippen molar-refractivity contribution in [2.45, 2.75) is 77.4 Å². The summed E-state index contributed by atoms with van der Waals surface area (Å²) in [5.74, 6) is 0.709. The lowest BCUT2D eigenvalue weighted by Gasteiger charge is -2.34. The van der Waals surface area contributed by atoms with Crippen LogP contribution in [0.5, 0.6) is 0 Å². The summed E-state index contributed by atoms with van der Waals surface area (Å²) in [5, 5.41) is 7.84. The van der Waals surface area contributed by atoms with Gasteiger partial charge in [-0.25, -0.2) is 9.64 Å². The molecule has 0 saturated heterocycles. The maximum Gasteiger partial charge on any atom is 0.338 e. The van der Waals surface area contributed by atoms with Gasteiger partial charge in [-0.1, -0.05) is 50.4 Å². The lowest BCUT2D eigenvalue weighted by molar-refractivity contribution is 0.0284. The second kappa shape index (κ2) is 10.0. The third-order valence-electron chi connectivity index (χ3n) is 7.99. The molecule has 5 nitrogen and oxygen atoms in total. The SMILES string of the molecule is [C-]#[N+]c1ccc(N2N=C3c4ccc(C(=O)OC(CC)CC)cc4CC[C@@H]3[C@@H]2C2CCCC2)cc1Cl. The Kier molecular flexibility index (Phi) is 6.84. The highest BCUT2D eigenvalue weighted by atomic mass is 35.5. The van der Waals surface area contributed by atoms with Crippen LogP contribution in [-0.4, -0.2) is 23.8 Å². The molecule has 6 heteroatoms. The molecule has 0 bridgehead atoms. The first-order valence-electron chi connectivity index (χ1n) is 12.9. The Morgan fingerprint density at radius 1 is 1.17 bits per heavy atom. The Bertz CT molecular complexity index is 1190. The van der Waals surface area contributed by atoms with Crippen LogP contribution in [0.4, 0.5) is 11.4 Å². The monoisotopic (exact) mass is 489 g/mol. The van der Waals surface area contributed by atoms with Crippen molar-refractivity contribution in [3.8, 4) is 0 Å². The van der Waals surface area contributed by atoms with Gasteiger partial charge in [-0.2, -0.15) is 5.10 Å². The third-order valence-corrected chi connectivity index (χ3v) is 8.29. The minimum Gasteiger partial charge on any atom is -0.459 e. The largest absolute Gasteiger partial charge is 0.459 e. The van der Waals surface area contributed by atoms with Gasteiger partial charge in [0.15, 0.2) is 0 Å². The molecule has 0 N–H and O–H groups in total. The fourth-order valence-corrected chi connectivity index (χ4v) is 6.32. The average Bonchev–Trinajstić information content (AvgIpc) is 3.54. The molecular formula is C29H32ClN3O2. The molecular weight excluding hydrogens is 458 g/mol. The van der Waals surface area contributed by atoms with Crippen molar-refractivity contribution in [3.05, 3.63) is 69.5 Å². The lowest BCUT2D eigenvalue weighted by atomic mass is 9.75. The molecule has 5 rings (SSSR count). The molecule has 3 aliphatic rings. The normalized spacial score (nSPS) is 21.5. The molecule has 1 heterocycles. The molecule has 0 aromatic heterocycles. The van der Waals surface area contributed by atoms with E-state index in [9.17, 15) is 4.79 Å². The fraction of sp³-hybridized carbons (Fsp3) is 0.483. The Labute approximate surface area is 212 Å². The van der Waals surface area contributed by atoms with Crippen molar-refractivity contribution in [3.63, 3.8) is 0 Å². The number of benzene rings is 2. The van der Waals surface area contributed by atoms with Crippen LogP contribution in [0.15, 0.2) is 41.5 Å². The molecule has 0 radical (unpaired) electrons. The highest BCUT2D eigenvalue weighted by Gasteiger charge is 2.45. The van der Waals surface area contributed by atoms with Gasteiger partial charge in [0, 0.05) is 16.5 Å². The van der Waals surface area contributed by atoms with Crippen molar-refractivity contribution >= 4 is 34.7 Å². The number of halogens is 1. The van der Waals surface area contributed by atoms with Gasteiger partial charge in [0.25, 0.3) is 0 Å². The maximum absolute atomic E-state index is 12.7. The van der Waals surface area contributed by atoms with Crippen LogP contribution in [0.25, 0.3) is 4.85 Å². The highest BCUT2D eigenvalue weighted by molar-refractivity contribution is 6.33. The van der Waals surface area contributed by atoms with Crippen molar-refractivity contribution in [1.82, 2.24) is 0 Å². The van der Waals surface area contributed by atoms with Crippen molar-refractivity contribution in [2.24, 2.45) is 16.9 Å². The number of ether oxygens (including phenoxy) is 1. The number of esters is 1. The van der Waals surface area contributed by atoms with Gasteiger partial charge < -0.3 is 4.74 Å². The predicted octanol–water partition coefficient (Wildman–Crippen LogP) is 7.58. The molecule has 0 amide bonds. The first kappa shape index (κ1) is 23.9. The van der Waals surface area contributed by atoms with Crippen molar-refractivity contribution < 1.29 is 9.53 Å². The van der Waals surface area contributed by atoms with E-state index < -0.39 is 0 Å². The van der Waals surface area contributed by atoms with Crippen LogP contribution in [-0.2, 0) is 11.2 Å². The molecule has 1 fully saturated rings. The maximum atomic E-state index is 12.7. The van der Waals surface area contributed by atoms with Gasteiger partial charge in [0.2, 0.25) is 5.69 Å². The number of aryl methyl sites for hydroxylation is 1. The first-order chi connectivity index (χ1) is 17.0. The molecule has 2 atom stereocenters. The van der Waals surface area contributed by atoms with E-state index >= 15 is 0 Å². The van der Waals surface area contributed by atoms with Gasteiger partial charge in [-0.15, -0.1) is 0 Å². The fourth-order valence-electron chi connectivity index (χ4n) is 6.10. The van der Waals surface area contributed by atoms with E-state index in [1.54, 1.807) is 6.07 Å². The van der Waals surface area contributed by atoms with E-state index in [-0.39, 0.29) is 12.1 Å². The molecule has 35 heavy (non-hydrogen) atoms. The van der Waals surface area contributed by atoms with Gasteiger partial charge in [0.05, 0.1) is 29.6 Å². The molecule has 2 aromatic carbocycles. The first-order valence-corrected chi connectivity index (χ1v) is 13.3. The zero-order valence-corrected chi connectivity index (χ0v) is 21.2. The standard InChI is InChI=1S/C29H32ClN3O2/c1-4-22(5-2)35-29(34)20-11-13-23-19(16-20)10-14-24-27(23)32-33(28(24)18-8-6-7-9-18)21-12-15-26(31-3)25(30)17-21/h11-13,15-18,22,24,28H,4-10,14H2,1-2H3/t24-,28-/m0/s1. The number of nitrogens with zero attached hydrogens (tertiary/aromatic N) is 3. The zero-order chi connectivity index (χ0) is 24.5. The van der Waals surface area contributed by atoms with Gasteiger partial charge in [-0.05, 0) is 74.3 Å². The summed E-state index contributed by atoms with van der Waals surface area (Å²) in [6.07, 6.45) is 8.55. The molecule has 2 aromatic rings. The summed E-state index contributed by atoms with van der Waals surface area (Å²) < 4.78 is 5.69. The number of carbonyl (C=O) groups is 1. The Balaban J connectivity index is 1.49. The van der Waals surface area contributed by atoms with Crippen LogP contribution < -0.4 is 5.01 Å².